The maximum Gasteiger partial charge on any atom is 0.349 e. The van der Waals surface area contributed by atoms with Crippen LogP contribution in [0.25, 0.3) is 6.08 Å². The fraction of sp³-hybridized carbons (Fsp3) is 0.182. The molecule has 30 heavy (non-hydrogen) atoms. The van der Waals surface area contributed by atoms with Crippen molar-refractivity contribution in [3.63, 3.8) is 0 Å². The fourth-order valence-corrected chi connectivity index (χ4v) is 2.87. The van der Waals surface area contributed by atoms with Crippen molar-refractivity contribution in [2.45, 2.75) is 6.92 Å². The Balaban J connectivity index is 1.66. The minimum absolute atomic E-state index is 0.180. The lowest BCUT2D eigenvalue weighted by molar-refractivity contribution is -0.143. The molecule has 1 heterocycles. The van der Waals surface area contributed by atoms with E-state index in [1.807, 2.05) is 6.92 Å². The average molecular weight is 405 g/mol. The molecule has 0 saturated heterocycles. The van der Waals surface area contributed by atoms with Gasteiger partial charge in [-0.15, -0.1) is 0 Å². The van der Waals surface area contributed by atoms with Gasteiger partial charge in [0.05, 0.1) is 18.0 Å². The van der Waals surface area contributed by atoms with E-state index in [0.29, 0.717) is 29.3 Å². The maximum atomic E-state index is 12.5. The Morgan fingerprint density at radius 2 is 1.93 bits per heavy atom. The molecule has 152 valence electrons. The molecule has 2 amide bonds. The van der Waals surface area contributed by atoms with Gasteiger partial charge in [-0.2, -0.15) is 5.26 Å². The van der Waals surface area contributed by atoms with Crippen LogP contribution in [-0.4, -0.2) is 37.5 Å². The third-order valence-corrected chi connectivity index (χ3v) is 4.24. The van der Waals surface area contributed by atoms with Crippen LogP contribution in [0.4, 0.5) is 11.4 Å². The molecule has 1 N–H and O–H groups in total. The number of hydrogen-bond donors (Lipinski definition) is 1. The van der Waals surface area contributed by atoms with Crippen molar-refractivity contribution in [3.05, 3.63) is 59.7 Å². The number of para-hydroxylation sites is 2. The van der Waals surface area contributed by atoms with Gasteiger partial charge in [-0.25, -0.2) is 4.79 Å². The Kier molecular flexibility index (Phi) is 6.45. The molecule has 0 bridgehead atoms. The fourth-order valence-electron chi connectivity index (χ4n) is 2.87. The van der Waals surface area contributed by atoms with Gasteiger partial charge < -0.3 is 14.8 Å². The molecule has 2 aromatic carbocycles. The number of amides is 2. The maximum absolute atomic E-state index is 12.5. The first kappa shape index (κ1) is 20.6. The van der Waals surface area contributed by atoms with E-state index < -0.39 is 18.5 Å². The molecule has 0 fully saturated rings. The normalized spacial score (nSPS) is 13.0. The van der Waals surface area contributed by atoms with E-state index in [0.717, 1.165) is 0 Å². The van der Waals surface area contributed by atoms with Crippen molar-refractivity contribution in [1.29, 1.82) is 5.26 Å². The first-order valence-corrected chi connectivity index (χ1v) is 9.23. The lowest BCUT2D eigenvalue weighted by atomic mass is 10.1. The number of nitrogens with one attached hydrogen (secondary N) is 1. The SMILES string of the molecule is CCOc1ccc(/C=C(\C#N)C(=O)OCC(=O)N2CC(=O)Nc3ccccc32)cc1. The highest BCUT2D eigenvalue weighted by Crippen LogP contribution is 2.28. The van der Waals surface area contributed by atoms with Gasteiger partial charge in [-0.05, 0) is 42.8 Å². The van der Waals surface area contributed by atoms with E-state index in [9.17, 15) is 19.6 Å². The van der Waals surface area contributed by atoms with Gasteiger partial charge in [-0.3, -0.25) is 14.5 Å². The third kappa shape index (κ3) is 4.83. The second-order valence-corrected chi connectivity index (χ2v) is 6.29. The van der Waals surface area contributed by atoms with Crippen molar-refractivity contribution in [2.24, 2.45) is 0 Å². The van der Waals surface area contributed by atoms with Crippen LogP contribution in [0.5, 0.6) is 5.75 Å². The van der Waals surface area contributed by atoms with Crippen molar-refractivity contribution in [3.8, 4) is 11.8 Å². The summed E-state index contributed by atoms with van der Waals surface area (Å²) in [5.74, 6) is -1.16. The molecule has 3 rings (SSSR count). The summed E-state index contributed by atoms with van der Waals surface area (Å²) in [6.45, 7) is 1.62. The Morgan fingerprint density at radius 3 is 2.63 bits per heavy atom. The topological polar surface area (TPSA) is 109 Å². The van der Waals surface area contributed by atoms with E-state index in [-0.39, 0.29) is 18.0 Å². The molecule has 0 aromatic heterocycles. The number of esters is 1. The summed E-state index contributed by atoms with van der Waals surface area (Å²) >= 11 is 0. The molecule has 0 aliphatic carbocycles. The van der Waals surface area contributed by atoms with Gasteiger partial charge in [-0.1, -0.05) is 24.3 Å². The summed E-state index contributed by atoms with van der Waals surface area (Å²) in [4.78, 5) is 37.9. The summed E-state index contributed by atoms with van der Waals surface area (Å²) < 4.78 is 10.4. The van der Waals surface area contributed by atoms with Crippen molar-refractivity contribution < 1.29 is 23.9 Å². The van der Waals surface area contributed by atoms with Gasteiger partial charge >= 0.3 is 5.97 Å². The molecule has 1 aliphatic heterocycles. The van der Waals surface area contributed by atoms with Crippen molar-refractivity contribution >= 4 is 35.2 Å². The van der Waals surface area contributed by atoms with Gasteiger partial charge in [0.2, 0.25) is 5.91 Å². The molecular weight excluding hydrogens is 386 g/mol. The number of fused-ring (bicyclic) bond motifs is 1. The largest absolute Gasteiger partial charge is 0.494 e. The van der Waals surface area contributed by atoms with E-state index >= 15 is 0 Å². The number of carbonyl (C=O) groups is 3. The summed E-state index contributed by atoms with van der Waals surface area (Å²) in [6, 6.07) is 15.4. The standard InChI is InChI=1S/C22H19N3O5/c1-2-29-17-9-7-15(8-10-17)11-16(12-23)22(28)30-14-21(27)25-13-20(26)24-18-5-3-4-6-19(18)25/h3-11H,2,13-14H2,1H3,(H,24,26)/b16-11+. The number of carbonyl (C=O) groups excluding carboxylic acids is 3. The molecule has 8 heteroatoms. The van der Waals surface area contributed by atoms with Crippen LogP contribution >= 0.6 is 0 Å². The zero-order valence-corrected chi connectivity index (χ0v) is 16.3. The Hall–Kier alpha value is -4.12. The number of nitriles is 1. The van der Waals surface area contributed by atoms with Crippen LogP contribution in [0, 0.1) is 11.3 Å². The van der Waals surface area contributed by atoms with Crippen LogP contribution in [0.3, 0.4) is 0 Å². The number of anilines is 2. The molecular formula is C22H19N3O5. The lowest BCUT2D eigenvalue weighted by Gasteiger charge is -2.28. The number of hydrogen-bond acceptors (Lipinski definition) is 6. The number of benzene rings is 2. The highest BCUT2D eigenvalue weighted by molar-refractivity contribution is 6.10. The smallest absolute Gasteiger partial charge is 0.349 e. The zero-order chi connectivity index (χ0) is 21.5. The molecule has 0 atom stereocenters. The van der Waals surface area contributed by atoms with E-state index in [1.54, 1.807) is 54.6 Å². The Labute approximate surface area is 173 Å². The van der Waals surface area contributed by atoms with Crippen LogP contribution in [-0.2, 0) is 19.1 Å². The summed E-state index contributed by atoms with van der Waals surface area (Å²) in [6.07, 6.45) is 1.37. The summed E-state index contributed by atoms with van der Waals surface area (Å²) in [5, 5.41) is 12.0. The first-order valence-electron chi connectivity index (χ1n) is 9.23. The predicted molar refractivity (Wildman–Crippen MR) is 110 cm³/mol. The average Bonchev–Trinajstić information content (AvgIpc) is 2.76. The lowest BCUT2D eigenvalue weighted by Crippen LogP contribution is -2.44. The Morgan fingerprint density at radius 1 is 1.20 bits per heavy atom. The van der Waals surface area contributed by atoms with Gasteiger partial charge in [0.15, 0.2) is 6.61 Å². The second kappa shape index (κ2) is 9.39. The summed E-state index contributed by atoms with van der Waals surface area (Å²) in [5.41, 5.74) is 1.38. The Bertz CT molecular complexity index is 1040. The third-order valence-electron chi connectivity index (χ3n) is 4.24. The van der Waals surface area contributed by atoms with Crippen molar-refractivity contribution in [2.75, 3.05) is 30.0 Å². The van der Waals surface area contributed by atoms with Gasteiger partial charge in [0.1, 0.15) is 23.9 Å². The number of rotatable bonds is 6. The number of nitrogens with zero attached hydrogens (tertiary/aromatic N) is 2. The quantitative estimate of drug-likeness (QED) is 0.449. The first-order chi connectivity index (χ1) is 14.5. The minimum Gasteiger partial charge on any atom is -0.494 e. The van der Waals surface area contributed by atoms with Crippen LogP contribution in [0.15, 0.2) is 54.1 Å². The molecule has 0 radical (unpaired) electrons. The van der Waals surface area contributed by atoms with Crippen LogP contribution in [0.2, 0.25) is 0 Å². The molecule has 1 aliphatic rings. The van der Waals surface area contributed by atoms with Crippen LogP contribution in [0.1, 0.15) is 12.5 Å². The van der Waals surface area contributed by atoms with E-state index in [1.165, 1.54) is 11.0 Å². The molecule has 2 aromatic rings. The highest BCUT2D eigenvalue weighted by Gasteiger charge is 2.27. The predicted octanol–water partition coefficient (Wildman–Crippen LogP) is 2.52. The van der Waals surface area contributed by atoms with Gasteiger partial charge in [0, 0.05) is 0 Å². The van der Waals surface area contributed by atoms with Gasteiger partial charge in [0.25, 0.3) is 5.91 Å². The highest BCUT2D eigenvalue weighted by atomic mass is 16.5. The molecule has 0 unspecified atom stereocenters. The van der Waals surface area contributed by atoms with E-state index in [2.05, 4.69) is 5.32 Å². The minimum atomic E-state index is -0.922. The number of ether oxygens (including phenoxy) is 2. The second-order valence-electron chi connectivity index (χ2n) is 6.29. The van der Waals surface area contributed by atoms with E-state index in [4.69, 9.17) is 9.47 Å². The molecule has 8 nitrogen and oxygen atoms in total. The monoisotopic (exact) mass is 405 g/mol. The van der Waals surface area contributed by atoms with Crippen molar-refractivity contribution in [1.82, 2.24) is 0 Å². The summed E-state index contributed by atoms with van der Waals surface area (Å²) in [7, 11) is 0. The van der Waals surface area contributed by atoms with Crippen LogP contribution < -0.4 is 15.0 Å². The molecule has 0 spiro atoms. The zero-order valence-electron chi connectivity index (χ0n) is 16.3. The molecule has 0 saturated carbocycles.